The van der Waals surface area contributed by atoms with E-state index in [0.717, 1.165) is 17.0 Å². The summed E-state index contributed by atoms with van der Waals surface area (Å²) >= 11 is 1.77. The van der Waals surface area contributed by atoms with E-state index in [-0.39, 0.29) is 12.5 Å². The lowest BCUT2D eigenvalue weighted by atomic mass is 10.2. The SMILES string of the molecule is CCOc1ccc(C(=O)OCC(=O)N2CC[C@H](C)Sc3ccccc32)cc1. The Labute approximate surface area is 163 Å². The van der Waals surface area contributed by atoms with Crippen LogP contribution in [0.4, 0.5) is 5.69 Å². The number of esters is 1. The van der Waals surface area contributed by atoms with Crippen LogP contribution in [0.1, 0.15) is 30.6 Å². The Bertz CT molecular complexity index is 806. The molecular formula is C21H23NO4S. The van der Waals surface area contributed by atoms with E-state index in [1.807, 2.05) is 31.2 Å². The third-order valence-corrected chi connectivity index (χ3v) is 5.51. The van der Waals surface area contributed by atoms with Gasteiger partial charge in [-0.15, -0.1) is 11.8 Å². The molecule has 0 aromatic heterocycles. The quantitative estimate of drug-likeness (QED) is 0.724. The van der Waals surface area contributed by atoms with Gasteiger partial charge in [0.15, 0.2) is 6.61 Å². The average molecular weight is 385 g/mol. The van der Waals surface area contributed by atoms with E-state index in [4.69, 9.17) is 9.47 Å². The maximum absolute atomic E-state index is 12.7. The van der Waals surface area contributed by atoms with Gasteiger partial charge in [-0.25, -0.2) is 4.79 Å². The lowest BCUT2D eigenvalue weighted by Crippen LogP contribution is -2.35. The zero-order valence-corrected chi connectivity index (χ0v) is 16.3. The number of hydrogen-bond donors (Lipinski definition) is 0. The molecule has 3 rings (SSSR count). The van der Waals surface area contributed by atoms with E-state index in [2.05, 4.69) is 6.92 Å². The molecule has 1 aliphatic heterocycles. The zero-order chi connectivity index (χ0) is 19.2. The molecule has 0 fully saturated rings. The van der Waals surface area contributed by atoms with Crippen molar-refractivity contribution in [3.8, 4) is 5.75 Å². The van der Waals surface area contributed by atoms with Crippen molar-refractivity contribution in [2.45, 2.75) is 30.4 Å². The highest BCUT2D eigenvalue weighted by molar-refractivity contribution is 8.00. The molecule has 2 aromatic carbocycles. The summed E-state index contributed by atoms with van der Waals surface area (Å²) in [4.78, 5) is 27.7. The smallest absolute Gasteiger partial charge is 0.338 e. The van der Waals surface area contributed by atoms with Gasteiger partial charge in [0.2, 0.25) is 0 Å². The van der Waals surface area contributed by atoms with Crippen LogP contribution in [0, 0.1) is 0 Å². The summed E-state index contributed by atoms with van der Waals surface area (Å²) in [6.45, 7) is 4.95. The van der Waals surface area contributed by atoms with Crippen molar-refractivity contribution in [3.05, 3.63) is 54.1 Å². The molecule has 0 unspecified atom stereocenters. The van der Waals surface area contributed by atoms with Gasteiger partial charge in [-0.1, -0.05) is 19.1 Å². The van der Waals surface area contributed by atoms with Crippen LogP contribution in [0.3, 0.4) is 0 Å². The summed E-state index contributed by atoms with van der Waals surface area (Å²) in [5, 5.41) is 0.426. The van der Waals surface area contributed by atoms with Gasteiger partial charge in [-0.2, -0.15) is 0 Å². The van der Waals surface area contributed by atoms with Gasteiger partial charge in [-0.05, 0) is 49.7 Å². The minimum absolute atomic E-state index is 0.212. The number of nitrogens with zero attached hydrogens (tertiary/aromatic N) is 1. The molecule has 1 heterocycles. The number of rotatable bonds is 5. The summed E-state index contributed by atoms with van der Waals surface area (Å²) in [5.74, 6) is -0.0356. The van der Waals surface area contributed by atoms with Gasteiger partial charge in [0, 0.05) is 16.7 Å². The first-order chi connectivity index (χ1) is 13.1. The van der Waals surface area contributed by atoms with Crippen LogP contribution in [0.25, 0.3) is 0 Å². The topological polar surface area (TPSA) is 55.8 Å². The molecule has 1 amide bonds. The molecule has 2 aromatic rings. The molecule has 0 saturated heterocycles. The Hall–Kier alpha value is -2.47. The number of thioether (sulfide) groups is 1. The molecule has 0 N–H and O–H groups in total. The minimum Gasteiger partial charge on any atom is -0.494 e. The number of para-hydroxylation sites is 1. The molecule has 0 aliphatic carbocycles. The Balaban J connectivity index is 1.64. The summed E-state index contributed by atoms with van der Waals surface area (Å²) in [7, 11) is 0. The number of hydrogen-bond acceptors (Lipinski definition) is 5. The van der Waals surface area contributed by atoms with E-state index < -0.39 is 5.97 Å². The number of fused-ring (bicyclic) bond motifs is 1. The third-order valence-electron chi connectivity index (χ3n) is 4.27. The standard InChI is InChI=1S/C21H23NO4S/c1-3-25-17-10-8-16(9-11-17)21(24)26-14-20(23)22-13-12-15(2)27-19-7-5-4-6-18(19)22/h4-11,15H,3,12-14H2,1-2H3/t15-/m0/s1. The maximum Gasteiger partial charge on any atom is 0.338 e. The normalized spacial score (nSPS) is 16.2. The lowest BCUT2D eigenvalue weighted by molar-refractivity contribution is -0.121. The van der Waals surface area contributed by atoms with Crippen molar-refractivity contribution in [1.82, 2.24) is 0 Å². The van der Waals surface area contributed by atoms with Crippen LogP contribution in [-0.4, -0.2) is 36.9 Å². The van der Waals surface area contributed by atoms with Crippen molar-refractivity contribution in [3.63, 3.8) is 0 Å². The zero-order valence-electron chi connectivity index (χ0n) is 15.5. The first kappa shape index (κ1) is 19.3. The van der Waals surface area contributed by atoms with Gasteiger partial charge in [0.25, 0.3) is 5.91 Å². The number of ether oxygens (including phenoxy) is 2. The van der Waals surface area contributed by atoms with Gasteiger partial charge in [-0.3, -0.25) is 4.79 Å². The van der Waals surface area contributed by atoms with Crippen molar-refractivity contribution in [1.29, 1.82) is 0 Å². The Morgan fingerprint density at radius 1 is 1.15 bits per heavy atom. The van der Waals surface area contributed by atoms with Crippen LogP contribution < -0.4 is 9.64 Å². The fourth-order valence-electron chi connectivity index (χ4n) is 2.89. The van der Waals surface area contributed by atoms with Crippen molar-refractivity contribution >= 4 is 29.3 Å². The summed E-state index contributed by atoms with van der Waals surface area (Å²) in [5.41, 5.74) is 1.28. The second kappa shape index (κ2) is 8.95. The molecule has 0 spiro atoms. The van der Waals surface area contributed by atoms with E-state index in [1.165, 1.54) is 0 Å². The average Bonchev–Trinajstić information content (AvgIpc) is 2.85. The molecule has 0 radical (unpaired) electrons. The molecule has 1 aliphatic rings. The van der Waals surface area contributed by atoms with E-state index >= 15 is 0 Å². The molecule has 142 valence electrons. The molecule has 0 saturated carbocycles. The minimum atomic E-state index is -0.516. The Morgan fingerprint density at radius 3 is 2.63 bits per heavy atom. The van der Waals surface area contributed by atoms with Gasteiger partial charge in [0.05, 0.1) is 17.9 Å². The van der Waals surface area contributed by atoms with Crippen LogP contribution in [0.5, 0.6) is 5.75 Å². The second-order valence-corrected chi connectivity index (χ2v) is 7.74. The van der Waals surface area contributed by atoms with Crippen LogP contribution in [-0.2, 0) is 9.53 Å². The van der Waals surface area contributed by atoms with Crippen LogP contribution in [0.2, 0.25) is 0 Å². The summed E-state index contributed by atoms with van der Waals surface area (Å²) in [6.07, 6.45) is 0.887. The first-order valence-corrected chi connectivity index (χ1v) is 9.92. The van der Waals surface area contributed by atoms with Gasteiger partial charge >= 0.3 is 5.97 Å². The molecular weight excluding hydrogens is 362 g/mol. The third kappa shape index (κ3) is 4.83. The van der Waals surface area contributed by atoms with Gasteiger partial charge in [0.1, 0.15) is 5.75 Å². The van der Waals surface area contributed by atoms with Crippen molar-refractivity contribution in [2.24, 2.45) is 0 Å². The highest BCUT2D eigenvalue weighted by atomic mass is 32.2. The predicted octanol–water partition coefficient (Wildman–Crippen LogP) is 4.16. The molecule has 27 heavy (non-hydrogen) atoms. The molecule has 1 atom stereocenters. The van der Waals surface area contributed by atoms with E-state index in [1.54, 1.807) is 40.9 Å². The molecule has 6 heteroatoms. The molecule has 5 nitrogen and oxygen atoms in total. The highest BCUT2D eigenvalue weighted by Gasteiger charge is 2.25. The fraction of sp³-hybridized carbons (Fsp3) is 0.333. The van der Waals surface area contributed by atoms with Gasteiger partial charge < -0.3 is 14.4 Å². The highest BCUT2D eigenvalue weighted by Crippen LogP contribution is 2.37. The summed E-state index contributed by atoms with van der Waals surface area (Å²) in [6, 6.07) is 14.5. The monoisotopic (exact) mass is 385 g/mol. The molecule has 0 bridgehead atoms. The summed E-state index contributed by atoms with van der Waals surface area (Å²) < 4.78 is 10.6. The number of carbonyl (C=O) groups is 2. The van der Waals surface area contributed by atoms with Crippen LogP contribution >= 0.6 is 11.8 Å². The number of benzene rings is 2. The van der Waals surface area contributed by atoms with Crippen molar-refractivity contribution < 1.29 is 19.1 Å². The maximum atomic E-state index is 12.7. The fourth-order valence-corrected chi connectivity index (χ4v) is 4.00. The largest absolute Gasteiger partial charge is 0.494 e. The van der Waals surface area contributed by atoms with Crippen molar-refractivity contribution in [2.75, 3.05) is 24.7 Å². The Morgan fingerprint density at radius 2 is 1.89 bits per heavy atom. The Kier molecular flexibility index (Phi) is 6.40. The number of amides is 1. The van der Waals surface area contributed by atoms with Crippen LogP contribution in [0.15, 0.2) is 53.4 Å². The lowest BCUT2D eigenvalue weighted by Gasteiger charge is -2.22. The number of anilines is 1. The van der Waals surface area contributed by atoms with E-state index in [9.17, 15) is 9.59 Å². The second-order valence-electron chi connectivity index (χ2n) is 6.26. The predicted molar refractivity (Wildman–Crippen MR) is 107 cm³/mol. The van der Waals surface area contributed by atoms with E-state index in [0.29, 0.717) is 29.7 Å². The first-order valence-electron chi connectivity index (χ1n) is 9.04. The number of carbonyl (C=O) groups excluding carboxylic acids is 2.